The summed E-state index contributed by atoms with van der Waals surface area (Å²) in [5, 5.41) is 3.98. The van der Waals surface area contributed by atoms with Gasteiger partial charge in [0, 0.05) is 0 Å². The Balaban J connectivity index is 1.56. The summed E-state index contributed by atoms with van der Waals surface area (Å²) in [5.74, 6) is 1.13. The SMILES string of the molecule is CC(NC(=O)c1ccccc1Cl)c1nc2ccccc2n1CCOc1ccccc1Cl. The fourth-order valence-corrected chi connectivity index (χ4v) is 3.86. The van der Waals surface area contributed by atoms with Crippen LogP contribution in [0.2, 0.25) is 10.0 Å². The van der Waals surface area contributed by atoms with Crippen molar-refractivity contribution >= 4 is 40.1 Å². The van der Waals surface area contributed by atoms with E-state index in [0.29, 0.717) is 34.5 Å². The Bertz CT molecular complexity index is 1220. The standard InChI is InChI=1S/C24H21Cl2N3O2/c1-16(27-24(30)17-8-2-3-9-18(17)25)23-28-20-11-5-6-12-21(20)29(23)14-15-31-22-13-7-4-10-19(22)26/h2-13,16H,14-15H2,1H3,(H,27,30). The van der Waals surface area contributed by atoms with Crippen molar-refractivity contribution in [2.24, 2.45) is 0 Å². The van der Waals surface area contributed by atoms with Gasteiger partial charge in [-0.15, -0.1) is 0 Å². The maximum atomic E-state index is 12.7. The molecule has 5 nitrogen and oxygen atoms in total. The Hall–Kier alpha value is -3.02. The highest BCUT2D eigenvalue weighted by Crippen LogP contribution is 2.25. The Kier molecular flexibility index (Phi) is 6.44. The van der Waals surface area contributed by atoms with Crippen molar-refractivity contribution in [3.8, 4) is 5.75 Å². The summed E-state index contributed by atoms with van der Waals surface area (Å²) in [6, 6.07) is 21.9. The van der Waals surface area contributed by atoms with Crippen molar-refractivity contribution in [2.45, 2.75) is 19.5 Å². The number of rotatable bonds is 7. The Labute approximate surface area is 190 Å². The summed E-state index contributed by atoms with van der Waals surface area (Å²) >= 11 is 12.4. The summed E-state index contributed by atoms with van der Waals surface area (Å²) in [7, 11) is 0. The molecule has 0 fully saturated rings. The maximum absolute atomic E-state index is 12.7. The van der Waals surface area contributed by atoms with Gasteiger partial charge < -0.3 is 14.6 Å². The minimum absolute atomic E-state index is 0.246. The molecule has 0 saturated carbocycles. The molecule has 3 aromatic carbocycles. The molecule has 0 radical (unpaired) electrons. The number of halogens is 2. The van der Waals surface area contributed by atoms with E-state index in [9.17, 15) is 4.79 Å². The van der Waals surface area contributed by atoms with Gasteiger partial charge in [-0.1, -0.05) is 59.6 Å². The first kappa shape index (κ1) is 21.2. The van der Waals surface area contributed by atoms with E-state index in [4.69, 9.17) is 32.9 Å². The van der Waals surface area contributed by atoms with Gasteiger partial charge in [0.1, 0.15) is 18.2 Å². The highest BCUT2D eigenvalue weighted by molar-refractivity contribution is 6.33. The van der Waals surface area contributed by atoms with Gasteiger partial charge in [-0.05, 0) is 43.3 Å². The molecular weight excluding hydrogens is 433 g/mol. The number of carbonyl (C=O) groups is 1. The average molecular weight is 454 g/mol. The average Bonchev–Trinajstić information content (AvgIpc) is 3.14. The van der Waals surface area contributed by atoms with Gasteiger partial charge in [-0.3, -0.25) is 4.79 Å². The summed E-state index contributed by atoms with van der Waals surface area (Å²) < 4.78 is 7.93. The topological polar surface area (TPSA) is 56.2 Å². The van der Waals surface area contributed by atoms with Gasteiger partial charge in [0.15, 0.2) is 0 Å². The lowest BCUT2D eigenvalue weighted by Gasteiger charge is -2.17. The Morgan fingerprint density at radius 1 is 1.00 bits per heavy atom. The smallest absolute Gasteiger partial charge is 0.253 e. The van der Waals surface area contributed by atoms with Crippen LogP contribution < -0.4 is 10.1 Å². The van der Waals surface area contributed by atoms with Gasteiger partial charge in [-0.25, -0.2) is 4.98 Å². The molecule has 0 bridgehead atoms. The zero-order valence-electron chi connectivity index (χ0n) is 16.9. The van der Waals surface area contributed by atoms with Crippen LogP contribution in [0.25, 0.3) is 11.0 Å². The van der Waals surface area contributed by atoms with Crippen LogP contribution in [0.15, 0.2) is 72.8 Å². The van der Waals surface area contributed by atoms with E-state index in [0.717, 1.165) is 16.9 Å². The molecule has 7 heteroatoms. The molecule has 4 aromatic rings. The van der Waals surface area contributed by atoms with Crippen LogP contribution in [0.1, 0.15) is 29.1 Å². The molecule has 0 saturated heterocycles. The number of hydrogen-bond acceptors (Lipinski definition) is 3. The molecule has 0 spiro atoms. The molecule has 1 atom stereocenters. The van der Waals surface area contributed by atoms with Crippen molar-refractivity contribution in [1.29, 1.82) is 0 Å². The van der Waals surface area contributed by atoms with Crippen molar-refractivity contribution in [3.63, 3.8) is 0 Å². The molecule has 158 valence electrons. The molecule has 0 aliphatic heterocycles. The third-order valence-corrected chi connectivity index (χ3v) is 5.59. The van der Waals surface area contributed by atoms with E-state index < -0.39 is 0 Å². The second-order valence-electron chi connectivity index (χ2n) is 7.06. The van der Waals surface area contributed by atoms with E-state index in [2.05, 4.69) is 9.88 Å². The minimum Gasteiger partial charge on any atom is -0.490 e. The first-order valence-corrected chi connectivity index (χ1v) is 10.7. The third kappa shape index (κ3) is 4.68. The fourth-order valence-electron chi connectivity index (χ4n) is 3.45. The van der Waals surface area contributed by atoms with Crippen LogP contribution in [0.4, 0.5) is 0 Å². The first-order chi connectivity index (χ1) is 15.0. The van der Waals surface area contributed by atoms with Crippen LogP contribution in [0.5, 0.6) is 5.75 Å². The summed E-state index contributed by atoms with van der Waals surface area (Å²) in [6.07, 6.45) is 0. The first-order valence-electron chi connectivity index (χ1n) is 9.92. The van der Waals surface area contributed by atoms with E-state index in [1.807, 2.05) is 49.4 Å². The van der Waals surface area contributed by atoms with Crippen LogP contribution in [-0.2, 0) is 6.54 Å². The molecule has 0 aliphatic rings. The number of carbonyl (C=O) groups excluding carboxylic acids is 1. The monoisotopic (exact) mass is 453 g/mol. The number of aromatic nitrogens is 2. The van der Waals surface area contributed by atoms with Crippen molar-refractivity contribution in [3.05, 3.63) is 94.2 Å². The van der Waals surface area contributed by atoms with Crippen LogP contribution in [0.3, 0.4) is 0 Å². The molecule has 31 heavy (non-hydrogen) atoms. The molecule has 0 aliphatic carbocycles. The quantitative estimate of drug-likeness (QED) is 0.378. The summed E-state index contributed by atoms with van der Waals surface area (Å²) in [5.41, 5.74) is 2.26. The number of amides is 1. The second-order valence-corrected chi connectivity index (χ2v) is 7.88. The van der Waals surface area contributed by atoms with Gasteiger partial charge in [0.25, 0.3) is 5.91 Å². The molecule has 1 N–H and O–H groups in total. The molecule has 1 aromatic heterocycles. The lowest BCUT2D eigenvalue weighted by Crippen LogP contribution is -2.29. The van der Waals surface area contributed by atoms with E-state index in [1.165, 1.54) is 0 Å². The highest BCUT2D eigenvalue weighted by Gasteiger charge is 2.20. The predicted molar refractivity (Wildman–Crippen MR) is 124 cm³/mol. The number of benzene rings is 3. The van der Waals surface area contributed by atoms with Gasteiger partial charge in [0.2, 0.25) is 0 Å². The van der Waals surface area contributed by atoms with Crippen LogP contribution >= 0.6 is 23.2 Å². The summed E-state index contributed by atoms with van der Waals surface area (Å²) in [6.45, 7) is 2.86. The van der Waals surface area contributed by atoms with E-state index in [-0.39, 0.29) is 11.9 Å². The van der Waals surface area contributed by atoms with Gasteiger partial charge >= 0.3 is 0 Å². The number of hydrogen-bond donors (Lipinski definition) is 1. The van der Waals surface area contributed by atoms with E-state index >= 15 is 0 Å². The normalized spacial score (nSPS) is 12.0. The van der Waals surface area contributed by atoms with E-state index in [1.54, 1.807) is 30.3 Å². The molecular formula is C24H21Cl2N3O2. The van der Waals surface area contributed by atoms with Crippen LogP contribution in [0, 0.1) is 0 Å². The zero-order chi connectivity index (χ0) is 21.8. The third-order valence-electron chi connectivity index (χ3n) is 4.95. The lowest BCUT2D eigenvalue weighted by molar-refractivity contribution is 0.0937. The fraction of sp³-hybridized carbons (Fsp3) is 0.167. The second kappa shape index (κ2) is 9.41. The molecule has 4 rings (SSSR count). The molecule has 1 heterocycles. The number of nitrogens with one attached hydrogen (secondary N) is 1. The van der Waals surface area contributed by atoms with Gasteiger partial charge in [-0.2, -0.15) is 0 Å². The van der Waals surface area contributed by atoms with Gasteiger partial charge in [0.05, 0.1) is 39.2 Å². The number of ether oxygens (including phenoxy) is 1. The minimum atomic E-state index is -0.337. The molecule has 1 amide bonds. The zero-order valence-corrected chi connectivity index (χ0v) is 18.4. The van der Waals surface area contributed by atoms with Crippen molar-refractivity contribution in [1.82, 2.24) is 14.9 Å². The Morgan fingerprint density at radius 3 is 2.45 bits per heavy atom. The van der Waals surface area contributed by atoms with Crippen LogP contribution in [-0.4, -0.2) is 22.1 Å². The summed E-state index contributed by atoms with van der Waals surface area (Å²) in [4.78, 5) is 17.5. The number of fused-ring (bicyclic) bond motifs is 1. The number of imidazole rings is 1. The number of para-hydroxylation sites is 3. The largest absolute Gasteiger partial charge is 0.490 e. The molecule has 1 unspecified atom stereocenters. The Morgan fingerprint density at radius 2 is 1.68 bits per heavy atom. The van der Waals surface area contributed by atoms with Crippen molar-refractivity contribution in [2.75, 3.05) is 6.61 Å². The maximum Gasteiger partial charge on any atom is 0.253 e. The number of nitrogens with zero attached hydrogens (tertiary/aromatic N) is 2. The lowest BCUT2D eigenvalue weighted by atomic mass is 10.2. The van der Waals surface area contributed by atoms with Crippen molar-refractivity contribution < 1.29 is 9.53 Å². The highest BCUT2D eigenvalue weighted by atomic mass is 35.5. The predicted octanol–water partition coefficient (Wildman–Crippen LogP) is 5.91.